The summed E-state index contributed by atoms with van der Waals surface area (Å²) in [5.41, 5.74) is -0.145. The second-order valence-electron chi connectivity index (χ2n) is 5.53. The average Bonchev–Trinajstić information content (AvgIpc) is 3.32. The van der Waals surface area contributed by atoms with Crippen LogP contribution in [0.15, 0.2) is 30.3 Å². The lowest BCUT2D eigenvalue weighted by Crippen LogP contribution is -2.32. The van der Waals surface area contributed by atoms with Gasteiger partial charge in [0.2, 0.25) is 0 Å². The van der Waals surface area contributed by atoms with E-state index in [1.807, 2.05) is 0 Å². The molecule has 2 aromatic carbocycles. The fourth-order valence-electron chi connectivity index (χ4n) is 2.08. The molecule has 5 nitrogen and oxygen atoms in total. The zero-order valence-corrected chi connectivity index (χ0v) is 16.3. The third kappa shape index (κ3) is 4.72. The van der Waals surface area contributed by atoms with Gasteiger partial charge in [0, 0.05) is 9.61 Å². The van der Waals surface area contributed by atoms with Crippen LogP contribution in [-0.4, -0.2) is 14.5 Å². The van der Waals surface area contributed by atoms with Crippen LogP contribution in [0.1, 0.15) is 12.8 Å². The molecule has 0 spiro atoms. The largest absolute Gasteiger partial charge is 0.350 e. The van der Waals surface area contributed by atoms with Gasteiger partial charge < -0.3 is 5.32 Å². The van der Waals surface area contributed by atoms with Crippen LogP contribution < -0.4 is 14.8 Å². The molecule has 0 heterocycles. The quantitative estimate of drug-likeness (QED) is 0.517. The van der Waals surface area contributed by atoms with Gasteiger partial charge in [-0.05, 0) is 65.8 Å². The van der Waals surface area contributed by atoms with Crippen LogP contribution in [0.4, 0.5) is 25.8 Å². The molecular formula is C15H13ClF2IN3O2S. The van der Waals surface area contributed by atoms with Gasteiger partial charge >= 0.3 is 0 Å². The second-order valence-corrected chi connectivity index (χ2v) is 8.63. The molecule has 134 valence electrons. The average molecular weight is 500 g/mol. The second kappa shape index (κ2) is 7.22. The molecule has 0 radical (unpaired) electrons. The summed E-state index contributed by atoms with van der Waals surface area (Å²) in [6.07, 6.45) is 1.50. The van der Waals surface area contributed by atoms with E-state index in [2.05, 4.69) is 37.4 Å². The first kappa shape index (κ1) is 18.6. The Balaban J connectivity index is 1.95. The molecule has 1 saturated carbocycles. The minimum atomic E-state index is -3.90. The standard InChI is InChI=1S/C15H13ClF2IN3O2S/c16-10-7-8(19)1-5-12(10)20-15-13(6-4-11(17)14(15)18)22-25(23,24)21-9-2-3-9/h1,4-7,9,20-22H,2-3H2. The van der Waals surface area contributed by atoms with Crippen molar-refractivity contribution in [1.29, 1.82) is 0 Å². The van der Waals surface area contributed by atoms with Crippen LogP contribution in [0.5, 0.6) is 0 Å². The molecule has 0 unspecified atom stereocenters. The van der Waals surface area contributed by atoms with E-state index < -0.39 is 21.8 Å². The Kier molecular flexibility index (Phi) is 5.37. The lowest BCUT2D eigenvalue weighted by atomic mass is 10.2. The van der Waals surface area contributed by atoms with Crippen molar-refractivity contribution in [2.24, 2.45) is 0 Å². The van der Waals surface area contributed by atoms with Gasteiger partial charge in [0.15, 0.2) is 11.6 Å². The first-order valence-corrected chi connectivity index (χ1v) is 10.2. The van der Waals surface area contributed by atoms with Crippen LogP contribution in [0, 0.1) is 15.2 Å². The fraction of sp³-hybridized carbons (Fsp3) is 0.200. The highest BCUT2D eigenvalue weighted by Gasteiger charge is 2.28. The van der Waals surface area contributed by atoms with Gasteiger partial charge in [0.05, 0.1) is 16.4 Å². The molecule has 1 aliphatic rings. The van der Waals surface area contributed by atoms with Gasteiger partial charge in [0.1, 0.15) is 5.69 Å². The number of hydrogen-bond donors (Lipinski definition) is 3. The predicted molar refractivity (Wildman–Crippen MR) is 103 cm³/mol. The van der Waals surface area contributed by atoms with Gasteiger partial charge in [0.25, 0.3) is 10.2 Å². The number of anilines is 3. The summed E-state index contributed by atoms with van der Waals surface area (Å²) >= 11 is 8.16. The van der Waals surface area contributed by atoms with Gasteiger partial charge in [-0.15, -0.1) is 0 Å². The molecule has 10 heteroatoms. The lowest BCUT2D eigenvalue weighted by Gasteiger charge is -2.16. The Hall–Kier alpha value is -1.17. The van der Waals surface area contributed by atoms with Crippen LogP contribution in [0.25, 0.3) is 0 Å². The van der Waals surface area contributed by atoms with E-state index in [0.717, 1.165) is 28.5 Å². The van der Waals surface area contributed by atoms with E-state index >= 15 is 0 Å². The molecule has 25 heavy (non-hydrogen) atoms. The fourth-order valence-corrected chi connectivity index (χ4v) is 4.17. The maximum atomic E-state index is 14.3. The van der Waals surface area contributed by atoms with Crippen molar-refractivity contribution >= 4 is 61.5 Å². The summed E-state index contributed by atoms with van der Waals surface area (Å²) in [7, 11) is -3.90. The molecule has 3 N–H and O–H groups in total. The maximum absolute atomic E-state index is 14.3. The maximum Gasteiger partial charge on any atom is 0.299 e. The summed E-state index contributed by atoms with van der Waals surface area (Å²) in [4.78, 5) is 0. The highest BCUT2D eigenvalue weighted by molar-refractivity contribution is 14.1. The Morgan fingerprint density at radius 2 is 1.80 bits per heavy atom. The van der Waals surface area contributed by atoms with Crippen molar-refractivity contribution in [2.75, 3.05) is 10.0 Å². The third-order valence-electron chi connectivity index (χ3n) is 3.43. The zero-order valence-electron chi connectivity index (χ0n) is 12.6. The SMILES string of the molecule is O=S(=O)(Nc1ccc(F)c(F)c1Nc1ccc(I)cc1Cl)NC1CC1. The van der Waals surface area contributed by atoms with Crippen molar-refractivity contribution in [2.45, 2.75) is 18.9 Å². The molecule has 0 saturated heterocycles. The number of rotatable bonds is 6. The van der Waals surface area contributed by atoms with Crippen LogP contribution in [0.2, 0.25) is 5.02 Å². The highest BCUT2D eigenvalue weighted by atomic mass is 127. The van der Waals surface area contributed by atoms with E-state index in [4.69, 9.17) is 11.6 Å². The Morgan fingerprint density at radius 1 is 1.12 bits per heavy atom. The Labute approximate surface area is 162 Å². The summed E-state index contributed by atoms with van der Waals surface area (Å²) in [5.74, 6) is -2.32. The van der Waals surface area contributed by atoms with E-state index in [1.54, 1.807) is 18.2 Å². The Bertz CT molecular complexity index is 923. The van der Waals surface area contributed by atoms with Crippen molar-refractivity contribution in [3.63, 3.8) is 0 Å². The molecule has 1 fully saturated rings. The topological polar surface area (TPSA) is 70.2 Å². The van der Waals surface area contributed by atoms with E-state index in [0.29, 0.717) is 10.7 Å². The molecule has 0 amide bonds. The van der Waals surface area contributed by atoms with Crippen LogP contribution >= 0.6 is 34.2 Å². The van der Waals surface area contributed by atoms with Crippen LogP contribution in [0.3, 0.4) is 0 Å². The molecule has 3 rings (SSSR count). The van der Waals surface area contributed by atoms with Crippen molar-refractivity contribution < 1.29 is 17.2 Å². The van der Waals surface area contributed by atoms with Gasteiger partial charge in [-0.25, -0.2) is 8.78 Å². The van der Waals surface area contributed by atoms with E-state index in [1.165, 1.54) is 0 Å². The smallest absolute Gasteiger partial charge is 0.299 e. The minimum Gasteiger partial charge on any atom is -0.350 e. The summed E-state index contributed by atoms with van der Waals surface area (Å²) in [6, 6.07) is 6.84. The van der Waals surface area contributed by atoms with E-state index in [9.17, 15) is 17.2 Å². The van der Waals surface area contributed by atoms with Crippen LogP contribution in [-0.2, 0) is 10.2 Å². The summed E-state index contributed by atoms with van der Waals surface area (Å²) in [6.45, 7) is 0. The summed E-state index contributed by atoms with van der Waals surface area (Å²) < 4.78 is 57.5. The van der Waals surface area contributed by atoms with Gasteiger partial charge in [-0.2, -0.15) is 13.1 Å². The van der Waals surface area contributed by atoms with Gasteiger partial charge in [-0.1, -0.05) is 11.6 Å². The number of benzene rings is 2. The number of nitrogens with one attached hydrogen (secondary N) is 3. The van der Waals surface area contributed by atoms with Crippen molar-refractivity contribution in [1.82, 2.24) is 4.72 Å². The molecule has 1 aliphatic carbocycles. The first-order valence-electron chi connectivity index (χ1n) is 7.25. The Morgan fingerprint density at radius 3 is 2.44 bits per heavy atom. The lowest BCUT2D eigenvalue weighted by molar-refractivity contribution is 0.512. The molecule has 0 bridgehead atoms. The number of halogens is 4. The third-order valence-corrected chi connectivity index (χ3v) is 5.55. The first-order chi connectivity index (χ1) is 11.7. The molecule has 0 aromatic heterocycles. The van der Waals surface area contributed by atoms with Crippen molar-refractivity contribution in [3.8, 4) is 0 Å². The van der Waals surface area contributed by atoms with Gasteiger partial charge in [-0.3, -0.25) is 4.72 Å². The summed E-state index contributed by atoms with van der Waals surface area (Å²) in [5, 5.41) is 2.96. The number of hydrogen-bond acceptors (Lipinski definition) is 3. The minimum absolute atomic E-state index is 0.121. The zero-order chi connectivity index (χ0) is 18.2. The monoisotopic (exact) mass is 499 g/mol. The molecule has 0 atom stereocenters. The molecular weight excluding hydrogens is 487 g/mol. The highest BCUT2D eigenvalue weighted by Crippen LogP contribution is 2.34. The van der Waals surface area contributed by atoms with E-state index in [-0.39, 0.29) is 17.4 Å². The van der Waals surface area contributed by atoms with Crippen molar-refractivity contribution in [3.05, 3.63) is 50.6 Å². The molecule has 2 aromatic rings. The molecule has 0 aliphatic heterocycles. The normalized spacial score (nSPS) is 14.4. The predicted octanol–water partition coefficient (Wildman–Crippen LogP) is 4.38.